The molecule has 0 aliphatic carbocycles. The van der Waals surface area contributed by atoms with E-state index >= 15 is 0 Å². The van der Waals surface area contributed by atoms with Gasteiger partial charge < -0.3 is 10.6 Å². The summed E-state index contributed by atoms with van der Waals surface area (Å²) in [4.78, 5) is 0. The van der Waals surface area contributed by atoms with E-state index in [4.69, 9.17) is 0 Å². The number of benzene rings is 2. The summed E-state index contributed by atoms with van der Waals surface area (Å²) in [6.45, 7) is 10.4. The number of rotatable bonds is 5. The zero-order valence-electron chi connectivity index (χ0n) is 12.9. The highest BCUT2D eigenvalue weighted by Gasteiger charge is 1.98. The summed E-state index contributed by atoms with van der Waals surface area (Å²) in [5, 5.41) is 6.93. The zero-order chi connectivity index (χ0) is 14.5. The zero-order valence-corrected chi connectivity index (χ0v) is 12.9. The van der Waals surface area contributed by atoms with Gasteiger partial charge in [-0.25, -0.2) is 0 Å². The van der Waals surface area contributed by atoms with Gasteiger partial charge in [-0.2, -0.15) is 0 Å². The van der Waals surface area contributed by atoms with E-state index in [1.165, 1.54) is 33.6 Å². The summed E-state index contributed by atoms with van der Waals surface area (Å²) in [5.41, 5.74) is 7.69. The van der Waals surface area contributed by atoms with Gasteiger partial charge in [-0.05, 0) is 62.6 Å². The lowest BCUT2D eigenvalue weighted by atomic mass is 10.1. The third-order valence-electron chi connectivity index (χ3n) is 3.66. The highest BCUT2D eigenvalue weighted by Crippen LogP contribution is 2.16. The molecule has 0 aliphatic heterocycles. The van der Waals surface area contributed by atoms with Crippen LogP contribution in [0.25, 0.3) is 0 Å². The Morgan fingerprint density at radius 1 is 0.700 bits per heavy atom. The van der Waals surface area contributed by atoms with Crippen molar-refractivity contribution in [2.24, 2.45) is 0 Å². The molecule has 0 fully saturated rings. The third kappa shape index (κ3) is 3.77. The molecule has 2 N–H and O–H groups in total. The second kappa shape index (κ2) is 6.47. The Kier molecular flexibility index (Phi) is 4.67. The van der Waals surface area contributed by atoms with Crippen molar-refractivity contribution in [2.45, 2.75) is 27.7 Å². The topological polar surface area (TPSA) is 24.1 Å². The number of hydrogen-bond donors (Lipinski definition) is 2. The largest absolute Gasteiger partial charge is 0.383 e. The molecule has 0 heterocycles. The van der Waals surface area contributed by atoms with Gasteiger partial charge in [0.25, 0.3) is 0 Å². The van der Waals surface area contributed by atoms with Gasteiger partial charge in [0.15, 0.2) is 0 Å². The maximum atomic E-state index is 3.47. The normalized spacial score (nSPS) is 10.4. The molecule has 0 saturated heterocycles. The molecule has 0 radical (unpaired) electrons. The highest BCUT2D eigenvalue weighted by atomic mass is 14.9. The molecule has 0 aromatic heterocycles. The first-order chi connectivity index (χ1) is 9.56. The fourth-order valence-corrected chi connectivity index (χ4v) is 2.27. The van der Waals surface area contributed by atoms with E-state index < -0.39 is 0 Å². The predicted molar refractivity (Wildman–Crippen MR) is 88.8 cm³/mol. The molecule has 0 aliphatic rings. The maximum absolute atomic E-state index is 3.47. The molecule has 106 valence electrons. The average molecular weight is 268 g/mol. The van der Waals surface area contributed by atoms with Crippen molar-refractivity contribution in [2.75, 3.05) is 23.7 Å². The van der Waals surface area contributed by atoms with Crippen molar-refractivity contribution in [3.05, 3.63) is 58.7 Å². The molecule has 0 spiro atoms. The quantitative estimate of drug-likeness (QED) is 0.783. The van der Waals surface area contributed by atoms with E-state index in [0.717, 1.165) is 13.1 Å². The Labute approximate surface area is 122 Å². The summed E-state index contributed by atoms with van der Waals surface area (Å²) < 4.78 is 0. The molecule has 0 bridgehead atoms. The molecule has 0 saturated carbocycles. The molecule has 0 amide bonds. The lowest BCUT2D eigenvalue weighted by Gasteiger charge is -2.12. The lowest BCUT2D eigenvalue weighted by molar-refractivity contribution is 1.07. The fraction of sp³-hybridized carbons (Fsp3) is 0.333. The molecular weight excluding hydrogens is 244 g/mol. The van der Waals surface area contributed by atoms with E-state index in [1.54, 1.807) is 0 Å². The number of anilines is 2. The van der Waals surface area contributed by atoms with Crippen LogP contribution in [0.1, 0.15) is 22.3 Å². The van der Waals surface area contributed by atoms with Crippen LogP contribution in [-0.4, -0.2) is 13.1 Å². The maximum Gasteiger partial charge on any atom is 0.0370 e. The Hall–Kier alpha value is -1.96. The molecule has 2 rings (SSSR count). The second-order valence-corrected chi connectivity index (χ2v) is 5.47. The van der Waals surface area contributed by atoms with E-state index in [0.29, 0.717) is 0 Å². The van der Waals surface area contributed by atoms with Crippen LogP contribution in [0, 0.1) is 27.7 Å². The van der Waals surface area contributed by atoms with E-state index in [-0.39, 0.29) is 0 Å². The van der Waals surface area contributed by atoms with Crippen LogP contribution in [0.15, 0.2) is 36.4 Å². The van der Waals surface area contributed by atoms with Gasteiger partial charge in [-0.15, -0.1) is 0 Å². The minimum absolute atomic E-state index is 0.913. The second-order valence-electron chi connectivity index (χ2n) is 5.47. The molecule has 0 atom stereocenters. The van der Waals surface area contributed by atoms with Crippen molar-refractivity contribution < 1.29 is 0 Å². The number of aryl methyl sites for hydroxylation is 4. The lowest BCUT2D eigenvalue weighted by Crippen LogP contribution is -2.14. The highest BCUT2D eigenvalue weighted by molar-refractivity contribution is 5.52. The van der Waals surface area contributed by atoms with Crippen LogP contribution < -0.4 is 10.6 Å². The first-order valence-electron chi connectivity index (χ1n) is 7.18. The van der Waals surface area contributed by atoms with Crippen LogP contribution >= 0.6 is 0 Å². The van der Waals surface area contributed by atoms with Crippen molar-refractivity contribution >= 4 is 11.4 Å². The first kappa shape index (κ1) is 14.4. The van der Waals surface area contributed by atoms with E-state index in [9.17, 15) is 0 Å². The standard InChI is InChI=1S/C18H24N2/c1-13-5-8-18(16(4)11-13)20-10-9-19-17-7-6-14(2)15(3)12-17/h5-8,11-12,19-20H,9-10H2,1-4H3. The van der Waals surface area contributed by atoms with E-state index in [2.05, 4.69) is 74.7 Å². The van der Waals surface area contributed by atoms with Gasteiger partial charge in [-0.1, -0.05) is 23.8 Å². The van der Waals surface area contributed by atoms with Crippen LogP contribution in [0.5, 0.6) is 0 Å². The summed E-state index contributed by atoms with van der Waals surface area (Å²) in [6, 6.07) is 13.0. The van der Waals surface area contributed by atoms with Gasteiger partial charge >= 0.3 is 0 Å². The van der Waals surface area contributed by atoms with Crippen molar-refractivity contribution in [3.8, 4) is 0 Å². The molecule has 2 nitrogen and oxygen atoms in total. The molecule has 2 heteroatoms. The minimum Gasteiger partial charge on any atom is -0.383 e. The molecular formula is C18H24N2. The van der Waals surface area contributed by atoms with Crippen molar-refractivity contribution in [1.82, 2.24) is 0 Å². The summed E-state index contributed by atoms with van der Waals surface area (Å²) >= 11 is 0. The number of hydrogen-bond acceptors (Lipinski definition) is 2. The Morgan fingerprint density at radius 3 is 2.15 bits per heavy atom. The predicted octanol–water partition coefficient (Wildman–Crippen LogP) is 4.44. The molecule has 0 unspecified atom stereocenters. The fourth-order valence-electron chi connectivity index (χ4n) is 2.27. The van der Waals surface area contributed by atoms with Crippen molar-refractivity contribution in [1.29, 1.82) is 0 Å². The Morgan fingerprint density at radius 2 is 1.45 bits per heavy atom. The van der Waals surface area contributed by atoms with Gasteiger partial charge in [-0.3, -0.25) is 0 Å². The summed E-state index contributed by atoms with van der Waals surface area (Å²) in [5.74, 6) is 0. The van der Waals surface area contributed by atoms with Crippen LogP contribution in [0.2, 0.25) is 0 Å². The molecule has 2 aromatic carbocycles. The average Bonchev–Trinajstić information content (AvgIpc) is 2.40. The van der Waals surface area contributed by atoms with Crippen LogP contribution in [0.3, 0.4) is 0 Å². The smallest absolute Gasteiger partial charge is 0.0370 e. The van der Waals surface area contributed by atoms with Crippen LogP contribution in [-0.2, 0) is 0 Å². The Bertz CT molecular complexity index is 588. The monoisotopic (exact) mass is 268 g/mol. The molecule has 2 aromatic rings. The van der Waals surface area contributed by atoms with Crippen molar-refractivity contribution in [3.63, 3.8) is 0 Å². The minimum atomic E-state index is 0.913. The third-order valence-corrected chi connectivity index (χ3v) is 3.66. The molecule has 20 heavy (non-hydrogen) atoms. The first-order valence-corrected chi connectivity index (χ1v) is 7.18. The summed E-state index contributed by atoms with van der Waals surface area (Å²) in [6.07, 6.45) is 0. The van der Waals surface area contributed by atoms with Gasteiger partial charge in [0.1, 0.15) is 0 Å². The van der Waals surface area contributed by atoms with Gasteiger partial charge in [0.2, 0.25) is 0 Å². The summed E-state index contributed by atoms with van der Waals surface area (Å²) in [7, 11) is 0. The van der Waals surface area contributed by atoms with Gasteiger partial charge in [0.05, 0.1) is 0 Å². The SMILES string of the molecule is Cc1ccc(NCCNc2ccc(C)c(C)c2)c(C)c1. The number of nitrogens with one attached hydrogen (secondary N) is 2. The van der Waals surface area contributed by atoms with Crippen LogP contribution in [0.4, 0.5) is 11.4 Å². The van der Waals surface area contributed by atoms with E-state index in [1.807, 2.05) is 0 Å². The Balaban J connectivity index is 1.82. The van der Waals surface area contributed by atoms with Gasteiger partial charge in [0, 0.05) is 24.5 Å².